The predicted molar refractivity (Wildman–Crippen MR) is 57.2 cm³/mol. The van der Waals surface area contributed by atoms with Crippen molar-refractivity contribution in [3.63, 3.8) is 0 Å². The number of nitrogens with zero attached hydrogens (tertiary/aromatic N) is 1. The molecule has 13 heavy (non-hydrogen) atoms. The van der Waals surface area contributed by atoms with Crippen LogP contribution in [0.2, 0.25) is 0 Å². The molecule has 0 aliphatic rings. The van der Waals surface area contributed by atoms with Gasteiger partial charge in [0.15, 0.2) is 0 Å². The zero-order chi connectivity index (χ0) is 9.52. The summed E-state index contributed by atoms with van der Waals surface area (Å²) >= 11 is 0. The van der Waals surface area contributed by atoms with Crippen molar-refractivity contribution in [3.8, 4) is 0 Å². The van der Waals surface area contributed by atoms with Gasteiger partial charge in [-0.25, -0.2) is 0 Å². The van der Waals surface area contributed by atoms with Crippen molar-refractivity contribution >= 4 is 5.57 Å². The highest BCUT2D eigenvalue weighted by Gasteiger charge is 1.93. The van der Waals surface area contributed by atoms with Gasteiger partial charge >= 0.3 is 0 Å². The molecule has 1 nitrogen and oxygen atoms in total. The Morgan fingerprint density at radius 1 is 1.38 bits per heavy atom. The molecule has 0 spiro atoms. The van der Waals surface area contributed by atoms with E-state index >= 15 is 0 Å². The number of pyridine rings is 1. The monoisotopic (exact) mass is 171 g/mol. The lowest BCUT2D eigenvalue weighted by atomic mass is 10.1. The van der Waals surface area contributed by atoms with Gasteiger partial charge in [-0.2, -0.15) is 0 Å². The van der Waals surface area contributed by atoms with Crippen molar-refractivity contribution in [2.24, 2.45) is 0 Å². The minimum Gasteiger partial charge on any atom is -0.265 e. The van der Waals surface area contributed by atoms with Crippen LogP contribution in [0.5, 0.6) is 0 Å². The average Bonchev–Trinajstić information content (AvgIpc) is 2.21. The fourth-order valence-corrected chi connectivity index (χ4v) is 1.03. The van der Waals surface area contributed by atoms with E-state index in [0.29, 0.717) is 0 Å². The summed E-state index contributed by atoms with van der Waals surface area (Å²) in [6.45, 7) is 5.76. The Labute approximate surface area is 79.1 Å². The fraction of sp³-hybridized carbons (Fsp3) is 0.0833. The second-order valence-electron chi connectivity index (χ2n) is 2.59. The molecule has 1 heteroatoms. The molecule has 0 aliphatic heterocycles. The van der Waals surface area contributed by atoms with Gasteiger partial charge in [-0.05, 0) is 30.2 Å². The quantitative estimate of drug-likeness (QED) is 0.636. The van der Waals surface area contributed by atoms with Crippen LogP contribution in [0.15, 0.2) is 55.4 Å². The first-order valence-corrected chi connectivity index (χ1v) is 4.24. The zero-order valence-corrected chi connectivity index (χ0v) is 7.77. The number of hydrogen-bond acceptors (Lipinski definition) is 1. The summed E-state index contributed by atoms with van der Waals surface area (Å²) in [4.78, 5) is 3.96. The molecule has 0 radical (unpaired) electrons. The van der Waals surface area contributed by atoms with E-state index in [2.05, 4.69) is 11.6 Å². The van der Waals surface area contributed by atoms with E-state index in [0.717, 1.165) is 11.1 Å². The van der Waals surface area contributed by atoms with Crippen molar-refractivity contribution in [3.05, 3.63) is 61.0 Å². The maximum Gasteiger partial charge on any atom is 0.0273 e. The van der Waals surface area contributed by atoms with E-state index in [1.165, 1.54) is 0 Å². The maximum absolute atomic E-state index is 3.96. The average molecular weight is 171 g/mol. The van der Waals surface area contributed by atoms with Gasteiger partial charge in [0, 0.05) is 12.4 Å². The van der Waals surface area contributed by atoms with E-state index in [1.807, 2.05) is 43.4 Å². The van der Waals surface area contributed by atoms with E-state index < -0.39 is 0 Å². The fourth-order valence-electron chi connectivity index (χ4n) is 1.03. The predicted octanol–water partition coefficient (Wildman–Crippen LogP) is 3.23. The molecule has 0 amide bonds. The Balaban J connectivity index is 2.98. The molecule has 0 saturated carbocycles. The van der Waals surface area contributed by atoms with Crippen LogP contribution in [0.1, 0.15) is 12.5 Å². The Kier molecular flexibility index (Phi) is 3.71. The molecule has 1 aromatic rings. The standard InChI is InChI=1S/C12H13N/c1-3-5-6-11(4-2)12-7-9-13-10-8-12/h3-10H,2H2,1H3/b5-3-,11-6+. The minimum absolute atomic E-state index is 1.11. The molecule has 0 saturated heterocycles. The SMILES string of the molecule is C=C/C(=C\C=C/C)c1ccncc1. The highest BCUT2D eigenvalue weighted by atomic mass is 14.6. The summed E-state index contributed by atoms with van der Waals surface area (Å²) in [7, 11) is 0. The van der Waals surface area contributed by atoms with Gasteiger partial charge in [-0.3, -0.25) is 4.98 Å². The smallest absolute Gasteiger partial charge is 0.0273 e. The summed E-state index contributed by atoms with van der Waals surface area (Å²) in [5.74, 6) is 0. The zero-order valence-electron chi connectivity index (χ0n) is 7.77. The Hall–Kier alpha value is -1.63. The van der Waals surface area contributed by atoms with Crippen molar-refractivity contribution in [1.82, 2.24) is 4.98 Å². The van der Waals surface area contributed by atoms with Crippen LogP contribution < -0.4 is 0 Å². The lowest BCUT2D eigenvalue weighted by Gasteiger charge is -1.98. The molecule has 1 rings (SSSR count). The van der Waals surface area contributed by atoms with Gasteiger partial charge in [0.2, 0.25) is 0 Å². The number of allylic oxidation sites excluding steroid dienone is 5. The molecule has 0 aromatic carbocycles. The largest absolute Gasteiger partial charge is 0.265 e. The Morgan fingerprint density at radius 3 is 2.62 bits per heavy atom. The third-order valence-electron chi connectivity index (χ3n) is 1.70. The molecular weight excluding hydrogens is 158 g/mol. The van der Waals surface area contributed by atoms with Crippen LogP contribution in [0, 0.1) is 0 Å². The van der Waals surface area contributed by atoms with Crippen LogP contribution in [0.3, 0.4) is 0 Å². The highest BCUT2D eigenvalue weighted by Crippen LogP contribution is 2.13. The first kappa shape index (κ1) is 9.46. The van der Waals surface area contributed by atoms with Crippen LogP contribution >= 0.6 is 0 Å². The second kappa shape index (κ2) is 5.09. The third kappa shape index (κ3) is 2.71. The van der Waals surface area contributed by atoms with E-state index in [-0.39, 0.29) is 0 Å². The highest BCUT2D eigenvalue weighted by molar-refractivity contribution is 5.74. The van der Waals surface area contributed by atoms with Crippen LogP contribution in [-0.2, 0) is 0 Å². The maximum atomic E-state index is 3.96. The molecule has 0 bridgehead atoms. The summed E-state index contributed by atoms with van der Waals surface area (Å²) < 4.78 is 0. The van der Waals surface area contributed by atoms with Crippen molar-refractivity contribution in [1.29, 1.82) is 0 Å². The lowest BCUT2D eigenvalue weighted by molar-refractivity contribution is 1.32. The molecule has 1 heterocycles. The van der Waals surface area contributed by atoms with Gasteiger partial charge in [-0.15, -0.1) is 0 Å². The van der Waals surface area contributed by atoms with Gasteiger partial charge in [0.1, 0.15) is 0 Å². The second-order valence-corrected chi connectivity index (χ2v) is 2.59. The summed E-state index contributed by atoms with van der Waals surface area (Å²) in [5, 5.41) is 0. The summed E-state index contributed by atoms with van der Waals surface area (Å²) in [6.07, 6.45) is 11.4. The van der Waals surface area contributed by atoms with Crippen LogP contribution in [0.4, 0.5) is 0 Å². The summed E-state index contributed by atoms with van der Waals surface area (Å²) in [5.41, 5.74) is 2.25. The molecular formula is C12H13N. The molecule has 0 unspecified atom stereocenters. The van der Waals surface area contributed by atoms with E-state index in [9.17, 15) is 0 Å². The number of aromatic nitrogens is 1. The van der Waals surface area contributed by atoms with Crippen LogP contribution in [0.25, 0.3) is 5.57 Å². The van der Waals surface area contributed by atoms with Crippen molar-refractivity contribution < 1.29 is 0 Å². The van der Waals surface area contributed by atoms with Gasteiger partial charge in [0.05, 0.1) is 0 Å². The van der Waals surface area contributed by atoms with E-state index in [4.69, 9.17) is 0 Å². The topological polar surface area (TPSA) is 12.9 Å². The number of rotatable bonds is 3. The molecule has 0 aliphatic carbocycles. The van der Waals surface area contributed by atoms with Gasteiger partial charge in [-0.1, -0.05) is 30.9 Å². The minimum atomic E-state index is 1.11. The van der Waals surface area contributed by atoms with E-state index in [1.54, 1.807) is 12.4 Å². The molecule has 1 aromatic heterocycles. The normalized spacial score (nSPS) is 11.9. The Bertz CT molecular complexity index is 320. The van der Waals surface area contributed by atoms with Gasteiger partial charge in [0.25, 0.3) is 0 Å². The third-order valence-corrected chi connectivity index (χ3v) is 1.70. The lowest BCUT2D eigenvalue weighted by Crippen LogP contribution is -1.79. The molecule has 66 valence electrons. The van der Waals surface area contributed by atoms with Crippen molar-refractivity contribution in [2.45, 2.75) is 6.92 Å². The Morgan fingerprint density at radius 2 is 2.08 bits per heavy atom. The van der Waals surface area contributed by atoms with Crippen LogP contribution in [-0.4, -0.2) is 4.98 Å². The van der Waals surface area contributed by atoms with Gasteiger partial charge < -0.3 is 0 Å². The molecule has 0 fully saturated rings. The number of hydrogen-bond donors (Lipinski definition) is 0. The first-order valence-electron chi connectivity index (χ1n) is 4.24. The molecule has 0 atom stereocenters. The van der Waals surface area contributed by atoms with Crippen molar-refractivity contribution in [2.75, 3.05) is 0 Å². The summed E-state index contributed by atoms with van der Waals surface area (Å²) in [6, 6.07) is 3.94. The molecule has 0 N–H and O–H groups in total. The first-order chi connectivity index (χ1) is 6.38.